The predicted molar refractivity (Wildman–Crippen MR) is 113 cm³/mol. The molecular formula is C20H19N5O3S2. The topological polar surface area (TPSA) is 90.2 Å². The van der Waals surface area contributed by atoms with Crippen LogP contribution in [0.4, 0.5) is 0 Å². The first-order valence-electron chi connectivity index (χ1n) is 9.06. The third-order valence-corrected chi connectivity index (χ3v) is 7.15. The molecule has 0 saturated heterocycles. The number of rotatable bonds is 8. The molecule has 0 aliphatic carbocycles. The molecule has 0 radical (unpaired) electrons. The van der Waals surface area contributed by atoms with Gasteiger partial charge in [-0.05, 0) is 39.6 Å². The van der Waals surface area contributed by atoms with E-state index in [0.29, 0.717) is 11.4 Å². The van der Waals surface area contributed by atoms with Crippen LogP contribution in [0.5, 0.6) is 5.75 Å². The third-order valence-electron chi connectivity index (χ3n) is 4.50. The van der Waals surface area contributed by atoms with E-state index in [0.717, 1.165) is 10.4 Å². The van der Waals surface area contributed by atoms with Gasteiger partial charge in [0, 0.05) is 24.0 Å². The lowest BCUT2D eigenvalue weighted by atomic mass is 10.2. The summed E-state index contributed by atoms with van der Waals surface area (Å²) in [5.41, 5.74) is 1.46. The molecule has 0 aliphatic heterocycles. The Hall–Kier alpha value is -3.08. The number of sulfonamides is 1. The van der Waals surface area contributed by atoms with Gasteiger partial charge in [-0.1, -0.05) is 36.4 Å². The van der Waals surface area contributed by atoms with Crippen molar-refractivity contribution in [2.45, 2.75) is 18.0 Å². The molecule has 4 rings (SSSR count). The maximum absolute atomic E-state index is 13.6. The Balaban J connectivity index is 1.72. The molecule has 2 heterocycles. The van der Waals surface area contributed by atoms with Crippen molar-refractivity contribution in [2.75, 3.05) is 7.11 Å². The van der Waals surface area contributed by atoms with Crippen LogP contribution in [0.1, 0.15) is 10.4 Å². The van der Waals surface area contributed by atoms with Gasteiger partial charge in [-0.25, -0.2) is 8.42 Å². The molecule has 0 atom stereocenters. The molecule has 0 bridgehead atoms. The summed E-state index contributed by atoms with van der Waals surface area (Å²) < 4.78 is 35.4. The molecule has 8 nitrogen and oxygen atoms in total. The van der Waals surface area contributed by atoms with Crippen molar-refractivity contribution >= 4 is 21.4 Å². The number of thiophene rings is 1. The molecule has 0 spiro atoms. The number of tetrazole rings is 1. The zero-order chi connectivity index (χ0) is 21.0. The van der Waals surface area contributed by atoms with Crippen molar-refractivity contribution in [2.24, 2.45) is 0 Å². The highest BCUT2D eigenvalue weighted by Gasteiger charge is 2.26. The summed E-state index contributed by atoms with van der Waals surface area (Å²) in [4.78, 5) is 1.11. The van der Waals surface area contributed by atoms with Gasteiger partial charge >= 0.3 is 0 Å². The van der Waals surface area contributed by atoms with Crippen LogP contribution in [-0.2, 0) is 23.1 Å². The lowest BCUT2D eigenvalue weighted by Gasteiger charge is -2.22. The standard InChI is InChI=1S/C20H19N5O3S2/c1-28-20-12-18(9-10-19(20)25-15-21-22-23-25)30(26,27)24(14-17-8-5-11-29-17)13-16-6-3-2-4-7-16/h2-12,15H,13-14H2,1H3. The Morgan fingerprint density at radius 2 is 1.90 bits per heavy atom. The van der Waals surface area contributed by atoms with Crippen molar-refractivity contribution in [3.63, 3.8) is 0 Å². The van der Waals surface area contributed by atoms with E-state index in [4.69, 9.17) is 4.74 Å². The minimum absolute atomic E-state index is 0.142. The lowest BCUT2D eigenvalue weighted by molar-refractivity contribution is 0.399. The van der Waals surface area contributed by atoms with Crippen LogP contribution in [-0.4, -0.2) is 40.0 Å². The molecule has 0 unspecified atom stereocenters. The van der Waals surface area contributed by atoms with E-state index in [1.54, 1.807) is 12.1 Å². The number of nitrogens with zero attached hydrogens (tertiary/aromatic N) is 5. The number of benzene rings is 2. The first-order valence-corrected chi connectivity index (χ1v) is 11.4. The Labute approximate surface area is 178 Å². The second-order valence-electron chi connectivity index (χ2n) is 6.43. The molecule has 0 fully saturated rings. The number of methoxy groups -OCH3 is 1. The smallest absolute Gasteiger partial charge is 0.243 e. The first kappa shape index (κ1) is 20.2. The van der Waals surface area contributed by atoms with Gasteiger partial charge < -0.3 is 4.74 Å². The molecule has 0 amide bonds. The summed E-state index contributed by atoms with van der Waals surface area (Å²) in [5, 5.41) is 13.0. The van der Waals surface area contributed by atoms with Crippen LogP contribution in [0.25, 0.3) is 5.69 Å². The van der Waals surface area contributed by atoms with Gasteiger partial charge in [-0.3, -0.25) is 0 Å². The van der Waals surface area contributed by atoms with E-state index < -0.39 is 10.0 Å². The summed E-state index contributed by atoms with van der Waals surface area (Å²) >= 11 is 1.53. The SMILES string of the molecule is COc1cc(S(=O)(=O)N(Cc2ccccc2)Cc2cccs2)ccc1-n1cnnn1. The number of hydrogen-bond donors (Lipinski definition) is 0. The summed E-state index contributed by atoms with van der Waals surface area (Å²) in [7, 11) is -2.32. The maximum atomic E-state index is 13.6. The van der Waals surface area contributed by atoms with Gasteiger partial charge in [-0.15, -0.1) is 16.4 Å². The average Bonchev–Trinajstić information content (AvgIpc) is 3.48. The summed E-state index contributed by atoms with van der Waals surface area (Å²) in [5.74, 6) is 0.360. The fraction of sp³-hybridized carbons (Fsp3) is 0.150. The second-order valence-corrected chi connectivity index (χ2v) is 9.40. The summed E-state index contributed by atoms with van der Waals surface area (Å²) in [6, 6.07) is 18.1. The molecule has 4 aromatic rings. The third kappa shape index (κ3) is 4.25. The first-order chi connectivity index (χ1) is 14.6. The molecule has 154 valence electrons. The quantitative estimate of drug-likeness (QED) is 0.417. The molecule has 10 heteroatoms. The Morgan fingerprint density at radius 1 is 1.07 bits per heavy atom. The van der Waals surface area contributed by atoms with E-state index in [2.05, 4.69) is 15.5 Å². The van der Waals surface area contributed by atoms with Gasteiger partial charge in [0.2, 0.25) is 10.0 Å². The zero-order valence-corrected chi connectivity index (χ0v) is 17.8. The van der Waals surface area contributed by atoms with E-state index in [-0.39, 0.29) is 18.0 Å². The van der Waals surface area contributed by atoms with Crippen molar-refractivity contribution in [3.8, 4) is 11.4 Å². The zero-order valence-electron chi connectivity index (χ0n) is 16.1. The maximum Gasteiger partial charge on any atom is 0.243 e. The summed E-state index contributed by atoms with van der Waals surface area (Å²) in [6.45, 7) is 0.546. The normalized spacial score (nSPS) is 11.7. The molecule has 2 aromatic heterocycles. The van der Waals surface area contributed by atoms with Crippen LogP contribution >= 0.6 is 11.3 Å². The van der Waals surface area contributed by atoms with E-state index in [9.17, 15) is 8.42 Å². The highest BCUT2D eigenvalue weighted by Crippen LogP contribution is 2.29. The molecule has 0 N–H and O–H groups in total. The molecule has 2 aromatic carbocycles. The fourth-order valence-corrected chi connectivity index (χ4v) is 5.24. The number of aromatic nitrogens is 4. The lowest BCUT2D eigenvalue weighted by Crippen LogP contribution is -2.30. The second kappa shape index (κ2) is 8.74. The average molecular weight is 442 g/mol. The highest BCUT2D eigenvalue weighted by atomic mass is 32.2. The van der Waals surface area contributed by atoms with Crippen molar-refractivity contribution in [1.82, 2.24) is 24.5 Å². The number of hydrogen-bond acceptors (Lipinski definition) is 7. The fourth-order valence-electron chi connectivity index (χ4n) is 3.02. The van der Waals surface area contributed by atoms with Crippen LogP contribution in [0, 0.1) is 0 Å². The van der Waals surface area contributed by atoms with Crippen molar-refractivity contribution in [1.29, 1.82) is 0 Å². The number of ether oxygens (including phenoxy) is 1. The monoisotopic (exact) mass is 441 g/mol. The van der Waals surface area contributed by atoms with Gasteiger partial charge in [0.25, 0.3) is 0 Å². The van der Waals surface area contributed by atoms with E-state index in [1.165, 1.54) is 39.8 Å². The largest absolute Gasteiger partial charge is 0.494 e. The van der Waals surface area contributed by atoms with E-state index >= 15 is 0 Å². The van der Waals surface area contributed by atoms with Crippen LogP contribution in [0.2, 0.25) is 0 Å². The van der Waals surface area contributed by atoms with Gasteiger partial charge in [0.1, 0.15) is 17.8 Å². The van der Waals surface area contributed by atoms with Crippen LogP contribution in [0.15, 0.2) is 77.3 Å². The molecular weight excluding hydrogens is 422 g/mol. The predicted octanol–water partition coefficient (Wildman–Crippen LogP) is 3.12. The Morgan fingerprint density at radius 3 is 2.57 bits per heavy atom. The molecule has 0 saturated carbocycles. The molecule has 0 aliphatic rings. The van der Waals surface area contributed by atoms with Gasteiger partial charge in [0.15, 0.2) is 0 Å². The minimum Gasteiger partial charge on any atom is -0.494 e. The minimum atomic E-state index is -3.79. The van der Waals surface area contributed by atoms with Crippen LogP contribution in [0.3, 0.4) is 0 Å². The van der Waals surface area contributed by atoms with E-state index in [1.807, 2.05) is 47.8 Å². The van der Waals surface area contributed by atoms with Crippen LogP contribution < -0.4 is 4.74 Å². The van der Waals surface area contributed by atoms with Gasteiger partial charge in [-0.2, -0.15) is 8.99 Å². The van der Waals surface area contributed by atoms with Crippen molar-refractivity contribution in [3.05, 3.63) is 82.8 Å². The molecule has 30 heavy (non-hydrogen) atoms. The van der Waals surface area contributed by atoms with Gasteiger partial charge in [0.05, 0.1) is 12.0 Å². The Kier molecular flexibility index (Phi) is 5.88. The summed E-state index contributed by atoms with van der Waals surface area (Å²) in [6.07, 6.45) is 1.42. The van der Waals surface area contributed by atoms with Crippen molar-refractivity contribution < 1.29 is 13.2 Å². The Bertz CT molecular complexity index is 1190. The highest BCUT2D eigenvalue weighted by molar-refractivity contribution is 7.89.